The number of rotatable bonds is 4. The molecule has 2 aromatic heterocycles. The number of ether oxygens (including phenoxy) is 1. The molecule has 0 radical (unpaired) electrons. The Labute approximate surface area is 185 Å². The number of nitrogens with zero attached hydrogens (tertiary/aromatic N) is 2. The molecule has 3 rings (SSSR count). The third-order valence-electron chi connectivity index (χ3n) is 3.92. The summed E-state index contributed by atoms with van der Waals surface area (Å²) in [5, 5.41) is 11.8. The quantitative estimate of drug-likeness (QED) is 0.210. The van der Waals surface area contributed by atoms with Crippen molar-refractivity contribution in [2.45, 2.75) is 26.4 Å². The molecule has 0 amide bonds. The fraction of sp³-hybridized carbons (Fsp3) is 0.190. The van der Waals surface area contributed by atoms with E-state index >= 15 is 0 Å². The van der Waals surface area contributed by atoms with Crippen LogP contribution in [0.5, 0.6) is 0 Å². The van der Waals surface area contributed by atoms with Crippen LogP contribution in [-0.2, 0) is 4.74 Å². The van der Waals surface area contributed by atoms with Crippen molar-refractivity contribution in [2.75, 3.05) is 0 Å². The number of esters is 1. The summed E-state index contributed by atoms with van der Waals surface area (Å²) >= 11 is 1.94. The van der Waals surface area contributed by atoms with Crippen molar-refractivity contribution >= 4 is 34.2 Å². The van der Waals surface area contributed by atoms with E-state index in [-0.39, 0.29) is 22.4 Å². The average Bonchev–Trinajstić information content (AvgIpc) is 2.67. The molecule has 0 aliphatic carbocycles. The summed E-state index contributed by atoms with van der Waals surface area (Å²) in [6, 6.07) is 10.7. The monoisotopic (exact) mass is 520 g/mol. The van der Waals surface area contributed by atoms with Crippen LogP contribution in [0.4, 0.5) is 5.69 Å². The maximum absolute atomic E-state index is 12.9. The van der Waals surface area contributed by atoms with Crippen LogP contribution in [0.25, 0.3) is 22.4 Å². The zero-order chi connectivity index (χ0) is 22.1. The Morgan fingerprint density at radius 1 is 1.17 bits per heavy atom. The van der Waals surface area contributed by atoms with Crippen molar-refractivity contribution in [1.82, 2.24) is 4.98 Å². The van der Waals surface area contributed by atoms with E-state index in [0.717, 1.165) is 0 Å². The molecule has 2 heterocycles. The van der Waals surface area contributed by atoms with Crippen molar-refractivity contribution in [3.63, 3.8) is 0 Å². The van der Waals surface area contributed by atoms with Crippen LogP contribution in [0.15, 0.2) is 57.9 Å². The van der Waals surface area contributed by atoms with Gasteiger partial charge in [0.25, 0.3) is 5.69 Å². The zero-order valence-electron chi connectivity index (χ0n) is 16.3. The Hall–Kier alpha value is -3.08. The Balaban J connectivity index is 2.45. The number of halogens is 1. The van der Waals surface area contributed by atoms with Crippen LogP contribution in [0.3, 0.4) is 0 Å². The predicted octanol–water partition coefficient (Wildman–Crippen LogP) is 4.84. The number of carbonyl (C=O) groups excluding carboxylic acids is 1. The van der Waals surface area contributed by atoms with Gasteiger partial charge in [0.2, 0.25) is 5.76 Å². The number of nitro groups is 1. The average molecular weight is 520 g/mol. The molecule has 9 heteroatoms. The third-order valence-corrected chi connectivity index (χ3v) is 4.82. The minimum atomic E-state index is -0.902. The minimum Gasteiger partial charge on any atom is -0.454 e. The molecule has 1 aromatic carbocycles. The van der Waals surface area contributed by atoms with Gasteiger partial charge in [0.05, 0.1) is 16.2 Å². The molecule has 3 aromatic rings. The number of pyridine rings is 1. The van der Waals surface area contributed by atoms with Crippen molar-refractivity contribution in [2.24, 2.45) is 0 Å². The van der Waals surface area contributed by atoms with E-state index in [0.29, 0.717) is 9.26 Å². The van der Waals surface area contributed by atoms with Gasteiger partial charge in [-0.25, -0.2) is 9.59 Å². The van der Waals surface area contributed by atoms with Gasteiger partial charge in [-0.3, -0.25) is 15.1 Å². The van der Waals surface area contributed by atoms with E-state index in [1.54, 1.807) is 45.0 Å². The molecule has 0 aliphatic heterocycles. The van der Waals surface area contributed by atoms with Gasteiger partial charge in [-0.15, -0.1) is 0 Å². The molecule has 0 bridgehead atoms. The third kappa shape index (κ3) is 4.56. The summed E-state index contributed by atoms with van der Waals surface area (Å²) in [5.74, 6) is -1.31. The summed E-state index contributed by atoms with van der Waals surface area (Å²) in [6.45, 7) is 5.00. The number of hydrogen-bond acceptors (Lipinski definition) is 7. The Bertz CT molecular complexity index is 1180. The highest BCUT2D eigenvalue weighted by Crippen LogP contribution is 2.41. The summed E-state index contributed by atoms with van der Waals surface area (Å²) < 4.78 is 11.1. The Kier molecular flexibility index (Phi) is 6.01. The molecule has 0 aliphatic rings. The van der Waals surface area contributed by atoms with E-state index in [2.05, 4.69) is 4.98 Å². The second kappa shape index (κ2) is 8.34. The van der Waals surface area contributed by atoms with Gasteiger partial charge in [-0.05, 0) is 61.6 Å². The number of aromatic nitrogens is 1. The van der Waals surface area contributed by atoms with E-state index in [9.17, 15) is 19.7 Å². The predicted molar refractivity (Wildman–Crippen MR) is 118 cm³/mol. The number of benzene rings is 1. The van der Waals surface area contributed by atoms with E-state index < -0.39 is 27.9 Å². The fourth-order valence-electron chi connectivity index (χ4n) is 2.85. The lowest BCUT2D eigenvalue weighted by Crippen LogP contribution is -2.25. The van der Waals surface area contributed by atoms with Crippen LogP contribution < -0.4 is 5.63 Å². The summed E-state index contributed by atoms with van der Waals surface area (Å²) in [6.07, 6.45) is 1.52. The first-order chi connectivity index (χ1) is 14.1. The first-order valence-corrected chi connectivity index (χ1v) is 9.92. The molecule has 8 nitrogen and oxygen atoms in total. The largest absolute Gasteiger partial charge is 0.454 e. The standard InChI is InChI=1S/C21H17IN2O6/c1-21(2,3)30-20(26)19-17(18-13(22)7-6-9-15(18)24(27)28)12(11-16(25)29-19)14-8-4-5-10-23-14/h4-11H,1-3H3. The molecular formula is C21H17IN2O6. The molecule has 0 saturated carbocycles. The zero-order valence-corrected chi connectivity index (χ0v) is 18.5. The van der Waals surface area contributed by atoms with Gasteiger partial charge >= 0.3 is 11.6 Å². The van der Waals surface area contributed by atoms with Crippen LogP contribution in [0.2, 0.25) is 0 Å². The van der Waals surface area contributed by atoms with E-state index in [4.69, 9.17) is 9.15 Å². The smallest absolute Gasteiger partial charge is 0.375 e. The molecule has 0 fully saturated rings. The molecule has 0 spiro atoms. The van der Waals surface area contributed by atoms with Crippen molar-refractivity contribution in [1.29, 1.82) is 0 Å². The molecule has 154 valence electrons. The van der Waals surface area contributed by atoms with Gasteiger partial charge < -0.3 is 9.15 Å². The van der Waals surface area contributed by atoms with Crippen molar-refractivity contribution in [3.05, 3.63) is 78.5 Å². The molecule has 0 atom stereocenters. The summed E-state index contributed by atoms with van der Waals surface area (Å²) in [4.78, 5) is 40.7. The van der Waals surface area contributed by atoms with Gasteiger partial charge in [-0.1, -0.05) is 12.1 Å². The minimum absolute atomic E-state index is 0.0826. The highest BCUT2D eigenvalue weighted by atomic mass is 127. The van der Waals surface area contributed by atoms with Crippen molar-refractivity contribution in [3.8, 4) is 22.4 Å². The lowest BCUT2D eigenvalue weighted by molar-refractivity contribution is -0.384. The molecular weight excluding hydrogens is 503 g/mol. The lowest BCUT2D eigenvalue weighted by atomic mass is 9.95. The molecule has 0 saturated heterocycles. The van der Waals surface area contributed by atoms with Gasteiger partial charge in [0.1, 0.15) is 5.60 Å². The maximum Gasteiger partial charge on any atom is 0.375 e. The Morgan fingerprint density at radius 3 is 2.50 bits per heavy atom. The lowest BCUT2D eigenvalue weighted by Gasteiger charge is -2.20. The second-order valence-electron chi connectivity index (χ2n) is 7.29. The van der Waals surface area contributed by atoms with Crippen LogP contribution in [-0.4, -0.2) is 21.5 Å². The number of nitro benzene ring substituents is 1. The molecule has 0 unspecified atom stereocenters. The van der Waals surface area contributed by atoms with Crippen molar-refractivity contribution < 1.29 is 18.9 Å². The molecule has 0 N–H and O–H groups in total. The van der Waals surface area contributed by atoms with Gasteiger partial charge in [-0.2, -0.15) is 0 Å². The SMILES string of the molecule is CC(C)(C)OC(=O)c1oc(=O)cc(-c2ccccn2)c1-c1c(I)cccc1[N+](=O)[O-]. The first kappa shape index (κ1) is 21.6. The fourth-order valence-corrected chi connectivity index (χ4v) is 3.60. The van der Waals surface area contributed by atoms with Crippen LogP contribution >= 0.6 is 22.6 Å². The van der Waals surface area contributed by atoms with E-state index in [1.807, 2.05) is 22.6 Å². The highest BCUT2D eigenvalue weighted by molar-refractivity contribution is 14.1. The maximum atomic E-state index is 12.9. The van der Waals surface area contributed by atoms with Gasteiger partial charge in [0.15, 0.2) is 0 Å². The van der Waals surface area contributed by atoms with Crippen LogP contribution in [0.1, 0.15) is 31.3 Å². The Morgan fingerprint density at radius 2 is 1.90 bits per heavy atom. The highest BCUT2D eigenvalue weighted by Gasteiger charge is 2.31. The number of carbonyl (C=O) groups is 1. The number of hydrogen-bond donors (Lipinski definition) is 0. The normalized spacial score (nSPS) is 11.2. The van der Waals surface area contributed by atoms with E-state index in [1.165, 1.54) is 24.4 Å². The first-order valence-electron chi connectivity index (χ1n) is 8.84. The molecule has 30 heavy (non-hydrogen) atoms. The second-order valence-corrected chi connectivity index (χ2v) is 8.45. The summed E-state index contributed by atoms with van der Waals surface area (Å²) in [5.41, 5.74) is -1.08. The topological polar surface area (TPSA) is 113 Å². The summed E-state index contributed by atoms with van der Waals surface area (Å²) in [7, 11) is 0. The van der Waals surface area contributed by atoms with Gasteiger partial charge in [0, 0.05) is 33.0 Å². The van der Waals surface area contributed by atoms with Crippen LogP contribution in [0, 0.1) is 13.7 Å².